The molecule has 2 aromatic rings. The van der Waals surface area contributed by atoms with Crippen LogP contribution in [-0.2, 0) is 9.59 Å². The van der Waals surface area contributed by atoms with E-state index in [1.807, 2.05) is 0 Å². The smallest absolute Gasteiger partial charge is 0.233 e. The molecule has 7 nitrogen and oxygen atoms in total. The van der Waals surface area contributed by atoms with E-state index in [2.05, 4.69) is 4.37 Å². The van der Waals surface area contributed by atoms with Gasteiger partial charge in [0.05, 0.1) is 28.1 Å². The highest BCUT2D eigenvalue weighted by atomic mass is 32.1. The standard InChI is InChI=1S/C28H36N4O3S/c33-22-14-19-13-21(22)25-24(19)27(34)32(28(25)35)16-18-6-2-1-5-17(18)15-30-9-11-31(12-10-30)26-20-7-3-4-8-23(20)36-29-26/h3-4,7-8,17-19,21-22,24-25,33H,1-2,5-6,9-16H2/t17-,18-,19+,21-,22+,24-,25+/m0/s1/i9D2,10D2,11D2,12D2. The Morgan fingerprint density at radius 2 is 1.69 bits per heavy atom. The predicted molar refractivity (Wildman–Crippen MR) is 140 cm³/mol. The molecule has 2 amide bonds. The summed E-state index contributed by atoms with van der Waals surface area (Å²) in [5.41, 5.74) is 0. The maximum atomic E-state index is 13.5. The number of rotatable bonds is 5. The maximum Gasteiger partial charge on any atom is 0.233 e. The highest BCUT2D eigenvalue weighted by Crippen LogP contribution is 2.56. The van der Waals surface area contributed by atoms with E-state index in [1.54, 1.807) is 24.3 Å². The molecule has 192 valence electrons. The van der Waals surface area contributed by atoms with Crippen LogP contribution in [0.2, 0.25) is 0 Å². The van der Waals surface area contributed by atoms with Crippen molar-refractivity contribution in [2.75, 3.05) is 44.0 Å². The van der Waals surface area contributed by atoms with Crippen molar-refractivity contribution in [3.8, 4) is 0 Å². The molecule has 1 N–H and O–H groups in total. The summed E-state index contributed by atoms with van der Waals surface area (Å²) in [6, 6.07) is 6.81. The molecule has 2 aliphatic heterocycles. The van der Waals surface area contributed by atoms with Gasteiger partial charge < -0.3 is 10.0 Å². The first-order chi connectivity index (χ1) is 20.6. The summed E-state index contributed by atoms with van der Waals surface area (Å²) < 4.78 is 76.7. The summed E-state index contributed by atoms with van der Waals surface area (Å²) in [4.78, 5) is 29.5. The molecule has 3 heterocycles. The molecule has 3 aliphatic carbocycles. The van der Waals surface area contributed by atoms with Gasteiger partial charge in [-0.15, -0.1) is 0 Å². The summed E-state index contributed by atoms with van der Waals surface area (Å²) in [5, 5.41) is 10.8. The van der Waals surface area contributed by atoms with Gasteiger partial charge in [-0.1, -0.05) is 25.0 Å². The number of carbonyl (C=O) groups excluding carboxylic acids is 2. The Labute approximate surface area is 227 Å². The highest BCUT2D eigenvalue weighted by molar-refractivity contribution is 7.13. The van der Waals surface area contributed by atoms with Crippen molar-refractivity contribution >= 4 is 39.3 Å². The molecular weight excluding hydrogens is 472 g/mol. The topological polar surface area (TPSA) is 77.0 Å². The van der Waals surface area contributed by atoms with E-state index in [0.29, 0.717) is 45.6 Å². The van der Waals surface area contributed by atoms with Gasteiger partial charge in [0.15, 0.2) is 0 Å². The zero-order valence-corrected chi connectivity index (χ0v) is 20.8. The second kappa shape index (κ2) is 9.07. The zero-order chi connectivity index (χ0) is 31.6. The van der Waals surface area contributed by atoms with Crippen LogP contribution in [0.4, 0.5) is 5.82 Å². The van der Waals surface area contributed by atoms with Crippen molar-refractivity contribution in [2.45, 2.75) is 44.6 Å². The molecule has 2 bridgehead atoms. The number of hydrogen-bond donors (Lipinski definition) is 1. The lowest BCUT2D eigenvalue weighted by atomic mass is 9.78. The number of aliphatic hydroxyl groups is 1. The third kappa shape index (κ3) is 3.71. The number of likely N-dealkylation sites (tertiary alicyclic amines) is 1. The second-order valence-electron chi connectivity index (χ2n) is 11.0. The van der Waals surface area contributed by atoms with Gasteiger partial charge in [0.25, 0.3) is 0 Å². The molecule has 7 rings (SSSR count). The number of aromatic nitrogens is 1. The summed E-state index contributed by atoms with van der Waals surface area (Å²) in [7, 11) is 0. The number of fused-ring (bicyclic) bond motifs is 6. The van der Waals surface area contributed by atoms with Crippen molar-refractivity contribution in [3.63, 3.8) is 0 Å². The summed E-state index contributed by atoms with van der Waals surface area (Å²) >= 11 is 1.01. The highest BCUT2D eigenvalue weighted by Gasteiger charge is 2.63. The monoisotopic (exact) mass is 516 g/mol. The third-order valence-electron chi connectivity index (χ3n) is 9.14. The average Bonchev–Trinajstić information content (AvgIpc) is 3.70. The molecule has 0 unspecified atom stereocenters. The van der Waals surface area contributed by atoms with Gasteiger partial charge >= 0.3 is 0 Å². The molecule has 1 aromatic heterocycles. The van der Waals surface area contributed by atoms with Crippen LogP contribution in [0.1, 0.15) is 49.5 Å². The number of anilines is 1. The van der Waals surface area contributed by atoms with Crippen molar-refractivity contribution < 1.29 is 25.7 Å². The van der Waals surface area contributed by atoms with E-state index >= 15 is 0 Å². The Bertz CT molecular complexity index is 1480. The number of amides is 2. The fourth-order valence-electron chi connectivity index (χ4n) is 7.41. The Morgan fingerprint density at radius 1 is 0.972 bits per heavy atom. The molecular formula is C28H36N4O3S. The fourth-order valence-corrected chi connectivity index (χ4v) is 8.17. The van der Waals surface area contributed by atoms with Gasteiger partial charge in [0.2, 0.25) is 11.8 Å². The number of nitrogens with zero attached hydrogens (tertiary/aromatic N) is 4. The summed E-state index contributed by atoms with van der Waals surface area (Å²) in [5.74, 6) is -2.44. The second-order valence-corrected chi connectivity index (χ2v) is 11.8. The van der Waals surface area contributed by atoms with Crippen molar-refractivity contribution in [2.24, 2.45) is 35.5 Å². The quantitative estimate of drug-likeness (QED) is 0.615. The normalized spacial score (nSPS) is 45.8. The summed E-state index contributed by atoms with van der Waals surface area (Å²) in [6.07, 6.45) is 3.40. The van der Waals surface area contributed by atoms with Crippen molar-refractivity contribution in [1.82, 2.24) is 14.2 Å². The first-order valence-electron chi connectivity index (χ1n) is 17.1. The molecule has 5 aliphatic rings. The average molecular weight is 517 g/mol. The number of imide groups is 1. The number of hydrogen-bond acceptors (Lipinski definition) is 7. The van der Waals surface area contributed by atoms with Gasteiger partial charge in [-0.25, -0.2) is 0 Å². The lowest BCUT2D eigenvalue weighted by Crippen LogP contribution is -2.49. The van der Waals surface area contributed by atoms with Crippen LogP contribution < -0.4 is 4.90 Å². The first kappa shape index (κ1) is 16.0. The Hall–Kier alpha value is -2.03. The van der Waals surface area contributed by atoms with Crippen molar-refractivity contribution in [3.05, 3.63) is 24.3 Å². The Balaban J connectivity index is 1.18. The van der Waals surface area contributed by atoms with Crippen LogP contribution in [0.15, 0.2) is 24.3 Å². The molecule has 5 fully saturated rings. The summed E-state index contributed by atoms with van der Waals surface area (Å²) in [6.45, 7) is -12.2. The Morgan fingerprint density at radius 3 is 2.50 bits per heavy atom. The minimum absolute atomic E-state index is 0.00121. The van der Waals surface area contributed by atoms with Gasteiger partial charge in [0, 0.05) is 49.9 Å². The van der Waals surface area contributed by atoms with Crippen LogP contribution in [0.25, 0.3) is 10.1 Å². The van der Waals surface area contributed by atoms with Crippen LogP contribution in [0.5, 0.6) is 0 Å². The minimum atomic E-state index is -3.03. The molecule has 8 heteroatoms. The van der Waals surface area contributed by atoms with Crippen LogP contribution in [-0.4, -0.2) is 76.3 Å². The van der Waals surface area contributed by atoms with Crippen LogP contribution >= 0.6 is 11.5 Å². The minimum Gasteiger partial charge on any atom is -0.393 e. The SMILES string of the molecule is [2H]C1([2H])N(C[C@@H]2CCCC[C@H]2CN2C(=O)[C@@H]3[C@H]4C[C@H](C[C@H]4O)[C@@H]3C2=O)C([2H])([2H])C([2H])([2H])N(c2nsc3ccccc23)C1([2H])[2H]. The van der Waals surface area contributed by atoms with Crippen molar-refractivity contribution in [1.29, 1.82) is 0 Å². The molecule has 2 saturated heterocycles. The number of benzene rings is 1. The van der Waals surface area contributed by atoms with E-state index < -0.39 is 49.8 Å². The van der Waals surface area contributed by atoms with E-state index in [9.17, 15) is 14.7 Å². The largest absolute Gasteiger partial charge is 0.393 e. The molecule has 3 saturated carbocycles. The van der Waals surface area contributed by atoms with Gasteiger partial charge in [0.1, 0.15) is 5.82 Å². The third-order valence-corrected chi connectivity index (χ3v) is 9.95. The van der Waals surface area contributed by atoms with E-state index in [1.165, 1.54) is 4.90 Å². The van der Waals surface area contributed by atoms with Gasteiger partial charge in [-0.05, 0) is 73.0 Å². The Kier molecular flexibility index (Phi) is 4.04. The van der Waals surface area contributed by atoms with Gasteiger partial charge in [-0.3, -0.25) is 19.4 Å². The molecule has 36 heavy (non-hydrogen) atoms. The van der Waals surface area contributed by atoms with E-state index in [-0.39, 0.29) is 48.5 Å². The number of aliphatic hydroxyl groups excluding tert-OH is 1. The number of piperazine rings is 1. The maximum absolute atomic E-state index is 13.5. The predicted octanol–water partition coefficient (Wildman–Crippen LogP) is 3.23. The van der Waals surface area contributed by atoms with Gasteiger partial charge in [-0.2, -0.15) is 4.37 Å². The lowest BCUT2D eigenvalue weighted by Gasteiger charge is -2.40. The lowest BCUT2D eigenvalue weighted by molar-refractivity contribution is -0.142. The van der Waals surface area contributed by atoms with Crippen LogP contribution in [0.3, 0.4) is 0 Å². The molecule has 1 aromatic carbocycles. The zero-order valence-electron chi connectivity index (χ0n) is 28.0. The fraction of sp³-hybridized carbons (Fsp3) is 0.679. The van der Waals surface area contributed by atoms with Crippen LogP contribution in [0, 0.1) is 35.5 Å². The molecule has 0 radical (unpaired) electrons. The van der Waals surface area contributed by atoms with E-state index in [4.69, 9.17) is 11.0 Å². The first-order valence-corrected chi connectivity index (χ1v) is 13.8. The number of carbonyl (C=O) groups is 2. The molecule has 0 spiro atoms. The molecule has 7 atom stereocenters. The van der Waals surface area contributed by atoms with E-state index in [0.717, 1.165) is 24.4 Å².